The fourth-order valence-corrected chi connectivity index (χ4v) is 4.53. The largest absolute Gasteiger partial charge is 0.307 e. The van der Waals surface area contributed by atoms with E-state index in [1.807, 2.05) is 32.9 Å². The first-order valence-electron chi connectivity index (χ1n) is 10.9. The molecule has 0 aliphatic rings. The molecular weight excluding hydrogens is 465 g/mol. The van der Waals surface area contributed by atoms with Gasteiger partial charge >= 0.3 is 0 Å². The summed E-state index contributed by atoms with van der Waals surface area (Å²) in [6.45, 7) is 7.22. The fourth-order valence-electron chi connectivity index (χ4n) is 3.68. The van der Waals surface area contributed by atoms with Crippen LogP contribution in [0.2, 0.25) is 0 Å². The van der Waals surface area contributed by atoms with E-state index in [4.69, 9.17) is 0 Å². The third-order valence-corrected chi connectivity index (χ3v) is 5.89. The molecule has 0 fully saturated rings. The molecular formula is C26H24FN5O2S. The zero-order chi connectivity index (χ0) is 25.1. The van der Waals surface area contributed by atoms with Gasteiger partial charge in [-0.2, -0.15) is 5.10 Å². The number of amides is 2. The van der Waals surface area contributed by atoms with Crippen LogP contribution in [-0.2, 0) is 9.59 Å². The third-order valence-electron chi connectivity index (χ3n) is 5.05. The number of benzene rings is 2. The van der Waals surface area contributed by atoms with Crippen LogP contribution in [0.15, 0.2) is 60.0 Å². The number of thiazole rings is 1. The van der Waals surface area contributed by atoms with E-state index in [9.17, 15) is 14.0 Å². The van der Waals surface area contributed by atoms with Crippen LogP contribution >= 0.6 is 11.3 Å². The number of halogens is 1. The Bertz CT molecular complexity index is 1420. The Kier molecular flexibility index (Phi) is 6.88. The number of aryl methyl sites for hydroxylation is 3. The first-order chi connectivity index (χ1) is 16.7. The van der Waals surface area contributed by atoms with Gasteiger partial charge in [-0.15, -0.1) is 11.3 Å². The summed E-state index contributed by atoms with van der Waals surface area (Å²) in [5, 5.41) is 9.37. The molecule has 4 aromatic rings. The second-order valence-corrected chi connectivity index (χ2v) is 8.95. The lowest BCUT2D eigenvalue weighted by Crippen LogP contribution is -2.23. The van der Waals surface area contributed by atoms with E-state index in [2.05, 4.69) is 21.5 Å². The number of nitrogens with zero attached hydrogens (tertiary/aromatic N) is 4. The second-order valence-electron chi connectivity index (χ2n) is 8.11. The highest BCUT2D eigenvalue weighted by molar-refractivity contribution is 7.14. The molecule has 0 atom stereocenters. The van der Waals surface area contributed by atoms with E-state index in [1.54, 1.807) is 34.3 Å². The van der Waals surface area contributed by atoms with E-state index in [1.165, 1.54) is 41.4 Å². The van der Waals surface area contributed by atoms with E-state index in [-0.39, 0.29) is 17.5 Å². The molecule has 0 saturated heterocycles. The highest BCUT2D eigenvalue weighted by Crippen LogP contribution is 2.31. The van der Waals surface area contributed by atoms with Gasteiger partial charge in [0.1, 0.15) is 11.6 Å². The van der Waals surface area contributed by atoms with Crippen LogP contribution in [-0.4, -0.2) is 26.6 Å². The number of aromatic nitrogens is 3. The van der Waals surface area contributed by atoms with E-state index in [0.29, 0.717) is 16.6 Å². The molecule has 4 rings (SSSR count). The standard InChI is InChI=1S/C26H24FN5O2S/c1-16-11-17(2)13-21(12-16)32-24(14-18(3)30-32)29-25(34)10-9-20-15-35-26(28-20)31(19(4)33)23-8-6-5-7-22(23)27/h5-15H,1-4H3,(H,29,34)/b10-9+. The van der Waals surface area contributed by atoms with Crippen molar-refractivity contribution in [2.24, 2.45) is 0 Å². The zero-order valence-corrected chi connectivity index (χ0v) is 20.6. The molecule has 0 aliphatic heterocycles. The van der Waals surface area contributed by atoms with Gasteiger partial charge in [0.2, 0.25) is 11.8 Å². The molecule has 35 heavy (non-hydrogen) atoms. The normalized spacial score (nSPS) is 11.1. The Morgan fingerprint density at radius 3 is 2.49 bits per heavy atom. The van der Waals surface area contributed by atoms with Gasteiger partial charge in [0, 0.05) is 24.4 Å². The summed E-state index contributed by atoms with van der Waals surface area (Å²) >= 11 is 1.18. The monoisotopic (exact) mass is 489 g/mol. The molecule has 2 aromatic heterocycles. The van der Waals surface area contributed by atoms with Crippen LogP contribution in [0.1, 0.15) is 29.4 Å². The Morgan fingerprint density at radius 1 is 1.09 bits per heavy atom. The minimum Gasteiger partial charge on any atom is -0.307 e. The average molecular weight is 490 g/mol. The predicted octanol–water partition coefficient (Wildman–Crippen LogP) is 5.73. The van der Waals surface area contributed by atoms with Gasteiger partial charge in [-0.3, -0.25) is 14.5 Å². The maximum atomic E-state index is 14.3. The maximum absolute atomic E-state index is 14.3. The molecule has 178 valence electrons. The van der Waals surface area contributed by atoms with Crippen molar-refractivity contribution >= 4 is 45.9 Å². The Labute approximate surface area is 206 Å². The Balaban J connectivity index is 1.52. The zero-order valence-electron chi connectivity index (χ0n) is 19.7. The summed E-state index contributed by atoms with van der Waals surface area (Å²) in [6.07, 6.45) is 2.90. The van der Waals surface area contributed by atoms with Crippen LogP contribution in [0.5, 0.6) is 0 Å². The van der Waals surface area contributed by atoms with Gasteiger partial charge in [0.25, 0.3) is 0 Å². The first kappa shape index (κ1) is 24.0. The number of carbonyl (C=O) groups is 2. The van der Waals surface area contributed by atoms with Crippen molar-refractivity contribution in [2.45, 2.75) is 27.7 Å². The van der Waals surface area contributed by atoms with Gasteiger partial charge in [-0.1, -0.05) is 18.2 Å². The van der Waals surface area contributed by atoms with Crippen molar-refractivity contribution in [1.29, 1.82) is 0 Å². The van der Waals surface area contributed by atoms with Crippen LogP contribution < -0.4 is 10.2 Å². The van der Waals surface area contributed by atoms with Crippen LogP contribution in [0.4, 0.5) is 21.0 Å². The van der Waals surface area contributed by atoms with Crippen molar-refractivity contribution in [1.82, 2.24) is 14.8 Å². The minimum absolute atomic E-state index is 0.123. The molecule has 7 nitrogen and oxygen atoms in total. The SMILES string of the molecule is CC(=O)N(c1nc(/C=C/C(=O)Nc2cc(C)nn2-c2cc(C)cc(C)c2)cs1)c1ccccc1F. The highest BCUT2D eigenvalue weighted by atomic mass is 32.1. The van der Waals surface area contributed by atoms with Gasteiger partial charge in [0.05, 0.1) is 22.8 Å². The highest BCUT2D eigenvalue weighted by Gasteiger charge is 2.20. The molecule has 2 amide bonds. The summed E-state index contributed by atoms with van der Waals surface area (Å²) < 4.78 is 16.0. The third kappa shape index (κ3) is 5.52. The molecule has 0 radical (unpaired) electrons. The van der Waals surface area contributed by atoms with Crippen molar-refractivity contribution in [2.75, 3.05) is 10.2 Å². The lowest BCUT2D eigenvalue weighted by Gasteiger charge is -2.18. The number of rotatable bonds is 6. The van der Waals surface area contributed by atoms with E-state index in [0.717, 1.165) is 22.5 Å². The molecule has 2 heterocycles. The summed E-state index contributed by atoms with van der Waals surface area (Å²) in [7, 11) is 0. The van der Waals surface area contributed by atoms with Crippen molar-refractivity contribution in [3.05, 3.63) is 88.3 Å². The van der Waals surface area contributed by atoms with Gasteiger partial charge in [-0.05, 0) is 62.2 Å². The molecule has 1 N–H and O–H groups in total. The smallest absolute Gasteiger partial charge is 0.249 e. The average Bonchev–Trinajstić information content (AvgIpc) is 3.39. The molecule has 0 aliphatic carbocycles. The number of nitrogens with one attached hydrogen (secondary N) is 1. The van der Waals surface area contributed by atoms with Crippen LogP contribution in [0.25, 0.3) is 11.8 Å². The lowest BCUT2D eigenvalue weighted by atomic mass is 10.1. The molecule has 0 spiro atoms. The molecule has 0 saturated carbocycles. The first-order valence-corrected chi connectivity index (χ1v) is 11.7. The topological polar surface area (TPSA) is 80.1 Å². The summed E-state index contributed by atoms with van der Waals surface area (Å²) in [5.74, 6) is -0.705. The molecule has 0 bridgehead atoms. The second kappa shape index (κ2) is 10.0. The maximum Gasteiger partial charge on any atom is 0.249 e. The predicted molar refractivity (Wildman–Crippen MR) is 137 cm³/mol. The molecule has 0 unspecified atom stereocenters. The Hall–Kier alpha value is -4.11. The van der Waals surface area contributed by atoms with E-state index >= 15 is 0 Å². The Morgan fingerprint density at radius 2 is 1.80 bits per heavy atom. The summed E-state index contributed by atoms with van der Waals surface area (Å²) in [5.41, 5.74) is 4.42. The van der Waals surface area contributed by atoms with Crippen LogP contribution in [0.3, 0.4) is 0 Å². The van der Waals surface area contributed by atoms with E-state index < -0.39 is 5.82 Å². The quantitative estimate of drug-likeness (QED) is 0.351. The number of anilines is 3. The van der Waals surface area contributed by atoms with Crippen molar-refractivity contribution in [3.8, 4) is 5.69 Å². The minimum atomic E-state index is -0.523. The summed E-state index contributed by atoms with van der Waals surface area (Å²) in [6, 6.07) is 13.9. The number of hydrogen-bond acceptors (Lipinski definition) is 5. The van der Waals surface area contributed by atoms with Crippen molar-refractivity contribution in [3.63, 3.8) is 0 Å². The summed E-state index contributed by atoms with van der Waals surface area (Å²) in [4.78, 5) is 30.5. The number of carbonyl (C=O) groups excluding carboxylic acids is 2. The van der Waals surface area contributed by atoms with Crippen molar-refractivity contribution < 1.29 is 14.0 Å². The molecule has 9 heteroatoms. The number of hydrogen-bond donors (Lipinski definition) is 1. The lowest BCUT2D eigenvalue weighted by molar-refractivity contribution is -0.116. The van der Waals surface area contributed by atoms with Gasteiger partial charge in [-0.25, -0.2) is 14.1 Å². The fraction of sp³-hybridized carbons (Fsp3) is 0.154. The number of para-hydroxylation sites is 1. The van der Waals surface area contributed by atoms with Gasteiger partial charge in [0.15, 0.2) is 5.13 Å². The molecule has 2 aromatic carbocycles. The van der Waals surface area contributed by atoms with Crippen LogP contribution in [0, 0.1) is 26.6 Å². The van der Waals surface area contributed by atoms with Gasteiger partial charge < -0.3 is 5.32 Å².